The summed E-state index contributed by atoms with van der Waals surface area (Å²) in [6.07, 6.45) is 1.71. The Hall–Kier alpha value is -2.30. The van der Waals surface area contributed by atoms with Crippen molar-refractivity contribution in [3.8, 4) is 5.75 Å². The Morgan fingerprint density at radius 3 is 2.62 bits per heavy atom. The standard InChI is InChI=1S/C21H25ClN2O2/c1-4-13-26-18-11-9-17(10-12-18)14-24(3)15-21(25)23-16(2)19-7-5-6-8-20(19)22/h4-12,16H,1,13-15H2,2-3H3,(H,23,25)/t16-/m0/s1. The topological polar surface area (TPSA) is 41.6 Å². The molecule has 138 valence electrons. The molecule has 0 aliphatic rings. The number of amides is 1. The van der Waals surface area contributed by atoms with Gasteiger partial charge in [-0.1, -0.05) is 54.6 Å². The van der Waals surface area contributed by atoms with Crippen LogP contribution in [0.5, 0.6) is 5.75 Å². The maximum Gasteiger partial charge on any atom is 0.234 e. The van der Waals surface area contributed by atoms with E-state index in [0.717, 1.165) is 16.9 Å². The zero-order chi connectivity index (χ0) is 18.9. The summed E-state index contributed by atoms with van der Waals surface area (Å²) in [6, 6.07) is 15.3. The van der Waals surface area contributed by atoms with Crippen molar-refractivity contribution in [1.82, 2.24) is 10.2 Å². The average Bonchev–Trinajstić information content (AvgIpc) is 2.61. The molecule has 26 heavy (non-hydrogen) atoms. The first-order valence-corrected chi connectivity index (χ1v) is 8.92. The first kappa shape index (κ1) is 20.0. The number of likely N-dealkylation sites (N-methyl/N-ethyl adjacent to an activating group) is 1. The summed E-state index contributed by atoms with van der Waals surface area (Å²) in [7, 11) is 1.92. The van der Waals surface area contributed by atoms with Crippen LogP contribution in [-0.4, -0.2) is 31.0 Å². The van der Waals surface area contributed by atoms with Crippen molar-refractivity contribution in [2.45, 2.75) is 19.5 Å². The number of nitrogens with one attached hydrogen (secondary N) is 1. The van der Waals surface area contributed by atoms with E-state index in [9.17, 15) is 4.79 Å². The van der Waals surface area contributed by atoms with E-state index in [1.807, 2.05) is 67.4 Å². The molecule has 0 spiro atoms. The second-order valence-electron chi connectivity index (χ2n) is 6.23. The molecule has 1 atom stereocenters. The summed E-state index contributed by atoms with van der Waals surface area (Å²) in [4.78, 5) is 14.3. The molecule has 2 rings (SSSR count). The highest BCUT2D eigenvalue weighted by atomic mass is 35.5. The fourth-order valence-corrected chi connectivity index (χ4v) is 2.95. The van der Waals surface area contributed by atoms with Gasteiger partial charge in [0.05, 0.1) is 12.6 Å². The fraction of sp³-hybridized carbons (Fsp3) is 0.286. The predicted octanol–water partition coefficient (Wildman–Crippen LogP) is 4.21. The monoisotopic (exact) mass is 372 g/mol. The smallest absolute Gasteiger partial charge is 0.234 e. The van der Waals surface area contributed by atoms with E-state index in [1.54, 1.807) is 6.08 Å². The van der Waals surface area contributed by atoms with Crippen LogP contribution in [0.25, 0.3) is 0 Å². The summed E-state index contributed by atoms with van der Waals surface area (Å²) < 4.78 is 5.47. The summed E-state index contributed by atoms with van der Waals surface area (Å²) in [5.74, 6) is 0.772. The molecule has 0 bridgehead atoms. The van der Waals surface area contributed by atoms with E-state index in [2.05, 4.69) is 11.9 Å². The van der Waals surface area contributed by atoms with Crippen LogP contribution < -0.4 is 10.1 Å². The molecule has 0 heterocycles. The van der Waals surface area contributed by atoms with Gasteiger partial charge in [0.15, 0.2) is 0 Å². The quantitative estimate of drug-likeness (QED) is 0.670. The third kappa shape index (κ3) is 6.21. The number of ether oxygens (including phenoxy) is 1. The van der Waals surface area contributed by atoms with Crippen molar-refractivity contribution in [2.75, 3.05) is 20.2 Å². The molecule has 0 aliphatic carbocycles. The second kappa shape index (κ2) is 10.00. The van der Waals surface area contributed by atoms with Crippen molar-refractivity contribution in [3.63, 3.8) is 0 Å². The average molecular weight is 373 g/mol. The van der Waals surface area contributed by atoms with Crippen molar-refractivity contribution in [2.24, 2.45) is 0 Å². The van der Waals surface area contributed by atoms with Crippen molar-refractivity contribution < 1.29 is 9.53 Å². The minimum absolute atomic E-state index is 0.0362. The van der Waals surface area contributed by atoms with Gasteiger partial charge in [0.1, 0.15) is 12.4 Å². The lowest BCUT2D eigenvalue weighted by atomic mass is 10.1. The highest BCUT2D eigenvalue weighted by Gasteiger charge is 2.13. The molecule has 0 aliphatic heterocycles. The van der Waals surface area contributed by atoms with Gasteiger partial charge >= 0.3 is 0 Å². The molecule has 2 aromatic rings. The minimum Gasteiger partial charge on any atom is -0.490 e. The molecule has 0 unspecified atom stereocenters. The van der Waals surface area contributed by atoms with Crippen LogP contribution >= 0.6 is 11.6 Å². The van der Waals surface area contributed by atoms with Crippen LogP contribution in [0, 0.1) is 0 Å². The Bertz CT molecular complexity index is 731. The van der Waals surface area contributed by atoms with E-state index in [0.29, 0.717) is 24.7 Å². The van der Waals surface area contributed by atoms with Crippen LogP contribution in [0.1, 0.15) is 24.1 Å². The van der Waals surface area contributed by atoms with Gasteiger partial charge in [-0.15, -0.1) is 0 Å². The first-order chi connectivity index (χ1) is 12.5. The van der Waals surface area contributed by atoms with E-state index < -0.39 is 0 Å². The number of hydrogen-bond acceptors (Lipinski definition) is 3. The minimum atomic E-state index is -0.133. The van der Waals surface area contributed by atoms with Crippen molar-refractivity contribution in [3.05, 3.63) is 77.3 Å². The molecular weight excluding hydrogens is 348 g/mol. The Labute approximate surface area is 160 Å². The number of nitrogens with zero attached hydrogens (tertiary/aromatic N) is 1. The molecule has 5 heteroatoms. The third-order valence-corrected chi connectivity index (χ3v) is 4.25. The number of carbonyl (C=O) groups excluding carboxylic acids is 1. The lowest BCUT2D eigenvalue weighted by molar-refractivity contribution is -0.122. The van der Waals surface area contributed by atoms with Crippen LogP contribution in [0.2, 0.25) is 5.02 Å². The predicted molar refractivity (Wildman–Crippen MR) is 106 cm³/mol. The Kier molecular flexibility index (Phi) is 7.70. The van der Waals surface area contributed by atoms with Gasteiger partial charge in [-0.3, -0.25) is 9.69 Å². The van der Waals surface area contributed by atoms with E-state index in [4.69, 9.17) is 16.3 Å². The van der Waals surface area contributed by atoms with Crippen molar-refractivity contribution in [1.29, 1.82) is 0 Å². The molecule has 0 aromatic heterocycles. The maximum atomic E-state index is 12.3. The SMILES string of the molecule is C=CCOc1ccc(CN(C)CC(=O)N[C@@H](C)c2ccccc2Cl)cc1. The van der Waals surface area contributed by atoms with E-state index >= 15 is 0 Å². The highest BCUT2D eigenvalue weighted by molar-refractivity contribution is 6.31. The van der Waals surface area contributed by atoms with Gasteiger partial charge in [-0.05, 0) is 43.3 Å². The van der Waals surface area contributed by atoms with E-state index in [1.165, 1.54) is 0 Å². The third-order valence-electron chi connectivity index (χ3n) is 3.91. The van der Waals surface area contributed by atoms with E-state index in [-0.39, 0.29) is 11.9 Å². The molecule has 1 amide bonds. The van der Waals surface area contributed by atoms with Gasteiger partial charge in [0.2, 0.25) is 5.91 Å². The lowest BCUT2D eigenvalue weighted by Crippen LogP contribution is -2.36. The summed E-state index contributed by atoms with van der Waals surface area (Å²) in [5, 5.41) is 3.65. The number of carbonyl (C=O) groups is 1. The number of rotatable bonds is 9. The van der Waals surface area contributed by atoms with Gasteiger partial charge < -0.3 is 10.1 Å². The number of hydrogen-bond donors (Lipinski definition) is 1. The number of halogens is 1. The van der Waals surface area contributed by atoms with Gasteiger partial charge in [0, 0.05) is 11.6 Å². The molecular formula is C21H25ClN2O2. The van der Waals surface area contributed by atoms with Gasteiger partial charge in [0.25, 0.3) is 0 Å². The molecule has 0 radical (unpaired) electrons. The normalized spacial score (nSPS) is 11.8. The largest absolute Gasteiger partial charge is 0.490 e. The van der Waals surface area contributed by atoms with Crippen LogP contribution in [0.15, 0.2) is 61.2 Å². The first-order valence-electron chi connectivity index (χ1n) is 8.54. The van der Waals surface area contributed by atoms with Gasteiger partial charge in [-0.25, -0.2) is 0 Å². The summed E-state index contributed by atoms with van der Waals surface area (Å²) in [6.45, 7) is 7.03. The summed E-state index contributed by atoms with van der Waals surface area (Å²) in [5.41, 5.74) is 2.03. The Balaban J connectivity index is 1.83. The fourth-order valence-electron chi connectivity index (χ4n) is 2.65. The van der Waals surface area contributed by atoms with Crippen LogP contribution in [-0.2, 0) is 11.3 Å². The molecule has 0 fully saturated rings. The lowest BCUT2D eigenvalue weighted by Gasteiger charge is -2.20. The highest BCUT2D eigenvalue weighted by Crippen LogP contribution is 2.22. The molecule has 1 N–H and O–H groups in total. The molecule has 0 saturated heterocycles. The number of benzene rings is 2. The van der Waals surface area contributed by atoms with Crippen molar-refractivity contribution >= 4 is 17.5 Å². The zero-order valence-electron chi connectivity index (χ0n) is 15.2. The Morgan fingerprint density at radius 2 is 1.96 bits per heavy atom. The molecule has 0 saturated carbocycles. The van der Waals surface area contributed by atoms with Crippen LogP contribution in [0.3, 0.4) is 0 Å². The maximum absolute atomic E-state index is 12.3. The Morgan fingerprint density at radius 1 is 1.27 bits per heavy atom. The van der Waals surface area contributed by atoms with Crippen LogP contribution in [0.4, 0.5) is 0 Å². The molecule has 4 nitrogen and oxygen atoms in total. The van der Waals surface area contributed by atoms with Gasteiger partial charge in [-0.2, -0.15) is 0 Å². The second-order valence-corrected chi connectivity index (χ2v) is 6.63. The zero-order valence-corrected chi connectivity index (χ0v) is 16.0. The summed E-state index contributed by atoms with van der Waals surface area (Å²) >= 11 is 6.18. The molecule has 2 aromatic carbocycles.